The molecule has 0 heterocycles. The van der Waals surface area contributed by atoms with E-state index in [1.54, 1.807) is 3.58 Å². The van der Waals surface area contributed by atoms with Crippen molar-refractivity contribution in [1.82, 2.24) is 0 Å². The van der Waals surface area contributed by atoms with Crippen LogP contribution in [-0.4, -0.2) is 0 Å². The van der Waals surface area contributed by atoms with Gasteiger partial charge in [0, 0.05) is 5.41 Å². The summed E-state index contributed by atoms with van der Waals surface area (Å²) in [5, 5.41) is 0. The van der Waals surface area contributed by atoms with Crippen molar-refractivity contribution in [2.45, 2.75) is 79.6 Å². The van der Waals surface area contributed by atoms with Crippen LogP contribution in [0.3, 0.4) is 0 Å². The highest BCUT2D eigenvalue weighted by molar-refractivity contribution is 14.1. The van der Waals surface area contributed by atoms with Crippen molar-refractivity contribution in [2.75, 3.05) is 0 Å². The van der Waals surface area contributed by atoms with Crippen LogP contribution < -0.4 is 0 Å². The molecule has 2 aliphatic carbocycles. The summed E-state index contributed by atoms with van der Waals surface area (Å²) in [6, 6.07) is 0. The zero-order chi connectivity index (χ0) is 15.0. The molecule has 0 saturated heterocycles. The molecule has 0 aromatic rings. The standard InChI is InChI=1S/C19H33I/c1-14(2)8-6-9-15(3)16-11-13-19(5)17(20)10-7-12-18(16,19)4/h10,14-16H,6-9,11-13H2,1-5H3/t15-,16-,18-,19+/m1/s1. The van der Waals surface area contributed by atoms with Crippen molar-refractivity contribution in [3.05, 3.63) is 9.66 Å². The molecule has 0 amide bonds. The lowest BCUT2D eigenvalue weighted by atomic mass is 9.57. The molecule has 0 aromatic carbocycles. The van der Waals surface area contributed by atoms with Crippen LogP contribution in [0, 0.1) is 28.6 Å². The number of hydrogen-bond donors (Lipinski definition) is 0. The smallest absolute Gasteiger partial charge is 0.00362 e. The molecule has 0 aromatic heterocycles. The molecule has 0 N–H and O–H groups in total. The molecular formula is C19H33I. The van der Waals surface area contributed by atoms with E-state index in [1.807, 2.05) is 0 Å². The summed E-state index contributed by atoms with van der Waals surface area (Å²) < 4.78 is 1.65. The predicted octanol–water partition coefficient (Wildman–Crippen LogP) is 6.98. The van der Waals surface area contributed by atoms with Gasteiger partial charge in [-0.05, 0) is 75.0 Å². The molecule has 1 saturated carbocycles. The summed E-state index contributed by atoms with van der Waals surface area (Å²) in [7, 11) is 0. The zero-order valence-corrected chi connectivity index (χ0v) is 16.3. The third-order valence-electron chi connectivity index (χ3n) is 6.68. The topological polar surface area (TPSA) is 0 Å². The van der Waals surface area contributed by atoms with Crippen LogP contribution in [0.15, 0.2) is 9.66 Å². The number of rotatable bonds is 5. The van der Waals surface area contributed by atoms with Gasteiger partial charge in [0.15, 0.2) is 0 Å². The van der Waals surface area contributed by atoms with Gasteiger partial charge in [-0.2, -0.15) is 0 Å². The fraction of sp³-hybridized carbons (Fsp3) is 0.895. The first-order valence-corrected chi connectivity index (χ1v) is 9.75. The monoisotopic (exact) mass is 388 g/mol. The van der Waals surface area contributed by atoms with Gasteiger partial charge in [-0.1, -0.05) is 60.0 Å². The zero-order valence-electron chi connectivity index (χ0n) is 14.1. The van der Waals surface area contributed by atoms with E-state index in [2.05, 4.69) is 63.3 Å². The second-order valence-corrected chi connectivity index (χ2v) is 9.45. The van der Waals surface area contributed by atoms with E-state index in [-0.39, 0.29) is 0 Å². The third kappa shape index (κ3) is 2.85. The van der Waals surface area contributed by atoms with Gasteiger partial charge in [0.05, 0.1) is 0 Å². The van der Waals surface area contributed by atoms with E-state index in [1.165, 1.54) is 44.9 Å². The van der Waals surface area contributed by atoms with Crippen LogP contribution in [0.5, 0.6) is 0 Å². The highest BCUT2D eigenvalue weighted by Gasteiger charge is 2.57. The highest BCUT2D eigenvalue weighted by Crippen LogP contribution is 2.66. The van der Waals surface area contributed by atoms with E-state index in [4.69, 9.17) is 0 Å². The molecule has 0 unspecified atom stereocenters. The molecule has 0 radical (unpaired) electrons. The lowest BCUT2D eigenvalue weighted by Crippen LogP contribution is -2.41. The largest absolute Gasteiger partial charge is 0.0746 e. The van der Waals surface area contributed by atoms with Gasteiger partial charge in [0.1, 0.15) is 0 Å². The summed E-state index contributed by atoms with van der Waals surface area (Å²) in [6.07, 6.45) is 12.4. The van der Waals surface area contributed by atoms with Gasteiger partial charge in [-0.15, -0.1) is 0 Å². The first-order chi connectivity index (χ1) is 9.31. The van der Waals surface area contributed by atoms with E-state index >= 15 is 0 Å². The summed E-state index contributed by atoms with van der Waals surface area (Å²) in [4.78, 5) is 0. The van der Waals surface area contributed by atoms with Crippen molar-refractivity contribution in [3.63, 3.8) is 0 Å². The molecule has 2 aliphatic rings. The minimum atomic E-state index is 0.475. The van der Waals surface area contributed by atoms with Gasteiger partial charge >= 0.3 is 0 Å². The Balaban J connectivity index is 2.05. The van der Waals surface area contributed by atoms with E-state index in [0.717, 1.165) is 17.8 Å². The highest BCUT2D eigenvalue weighted by atomic mass is 127. The van der Waals surface area contributed by atoms with Gasteiger partial charge < -0.3 is 0 Å². The summed E-state index contributed by atoms with van der Waals surface area (Å²) in [6.45, 7) is 12.4. The minimum absolute atomic E-state index is 0.475. The maximum atomic E-state index is 2.63. The first-order valence-electron chi connectivity index (χ1n) is 8.67. The van der Waals surface area contributed by atoms with Crippen molar-refractivity contribution in [2.24, 2.45) is 28.6 Å². The van der Waals surface area contributed by atoms with E-state index in [0.29, 0.717) is 10.8 Å². The van der Waals surface area contributed by atoms with Crippen molar-refractivity contribution in [1.29, 1.82) is 0 Å². The predicted molar refractivity (Wildman–Crippen MR) is 98.1 cm³/mol. The van der Waals surface area contributed by atoms with Crippen LogP contribution in [0.4, 0.5) is 0 Å². The Labute approximate surface area is 140 Å². The number of hydrogen-bond acceptors (Lipinski definition) is 0. The average molecular weight is 388 g/mol. The lowest BCUT2D eigenvalue weighted by Gasteiger charge is -2.49. The number of fused-ring (bicyclic) bond motifs is 1. The van der Waals surface area contributed by atoms with Gasteiger partial charge in [0.25, 0.3) is 0 Å². The minimum Gasteiger partial charge on any atom is -0.0746 e. The van der Waals surface area contributed by atoms with Crippen molar-refractivity contribution < 1.29 is 0 Å². The first kappa shape index (κ1) is 16.8. The Bertz CT molecular complexity index is 370. The van der Waals surface area contributed by atoms with Gasteiger partial charge in [0.2, 0.25) is 0 Å². The molecule has 1 heteroatoms. The summed E-state index contributed by atoms with van der Waals surface area (Å²) in [5.74, 6) is 2.71. The molecule has 0 nitrogen and oxygen atoms in total. The normalized spacial score (nSPS) is 38.8. The van der Waals surface area contributed by atoms with Crippen LogP contribution in [0.25, 0.3) is 0 Å². The fourth-order valence-electron chi connectivity index (χ4n) is 5.00. The Hall–Kier alpha value is 0.470. The second kappa shape index (κ2) is 6.30. The summed E-state index contributed by atoms with van der Waals surface area (Å²) in [5.41, 5.74) is 1.03. The number of allylic oxidation sites excluding steroid dienone is 2. The molecule has 0 aliphatic heterocycles. The Morgan fingerprint density at radius 2 is 1.90 bits per heavy atom. The number of halogens is 1. The maximum Gasteiger partial charge on any atom is 0.00362 e. The molecule has 2 rings (SSSR count). The van der Waals surface area contributed by atoms with E-state index < -0.39 is 0 Å². The molecule has 0 spiro atoms. The van der Waals surface area contributed by atoms with E-state index in [9.17, 15) is 0 Å². The molecular weight excluding hydrogens is 355 g/mol. The average Bonchev–Trinajstić information content (AvgIpc) is 2.63. The fourth-order valence-corrected chi connectivity index (χ4v) is 6.19. The van der Waals surface area contributed by atoms with Crippen LogP contribution >= 0.6 is 22.6 Å². The Morgan fingerprint density at radius 1 is 1.20 bits per heavy atom. The van der Waals surface area contributed by atoms with Crippen LogP contribution in [0.1, 0.15) is 79.6 Å². The quantitative estimate of drug-likeness (QED) is 0.446. The summed E-state index contributed by atoms with van der Waals surface area (Å²) >= 11 is 2.63. The van der Waals surface area contributed by atoms with Crippen LogP contribution in [-0.2, 0) is 0 Å². The van der Waals surface area contributed by atoms with Crippen molar-refractivity contribution >= 4 is 22.6 Å². The van der Waals surface area contributed by atoms with Crippen molar-refractivity contribution in [3.8, 4) is 0 Å². The second-order valence-electron chi connectivity index (χ2n) is 8.29. The molecule has 0 bridgehead atoms. The molecule has 116 valence electrons. The van der Waals surface area contributed by atoms with Gasteiger partial charge in [-0.25, -0.2) is 0 Å². The molecule has 20 heavy (non-hydrogen) atoms. The lowest BCUT2D eigenvalue weighted by molar-refractivity contribution is 0.0555. The third-order valence-corrected chi connectivity index (χ3v) is 8.31. The molecule has 4 atom stereocenters. The van der Waals surface area contributed by atoms with Gasteiger partial charge in [-0.3, -0.25) is 0 Å². The SMILES string of the molecule is CC(C)CCC[C@@H](C)[C@H]1CC[C@@]2(C)C(I)=CCC[C@]12C. The maximum absolute atomic E-state index is 2.63. The molecule has 1 fully saturated rings. The van der Waals surface area contributed by atoms with Crippen LogP contribution in [0.2, 0.25) is 0 Å². The Morgan fingerprint density at radius 3 is 2.55 bits per heavy atom. The Kier molecular flexibility index (Phi) is 5.30.